The van der Waals surface area contributed by atoms with Crippen molar-refractivity contribution < 1.29 is 9.18 Å². The Morgan fingerprint density at radius 2 is 2.00 bits per heavy atom. The van der Waals surface area contributed by atoms with Crippen molar-refractivity contribution in [1.82, 2.24) is 4.90 Å². The van der Waals surface area contributed by atoms with Crippen LogP contribution in [0.2, 0.25) is 5.02 Å². The molecule has 1 aliphatic heterocycles. The maximum Gasteiger partial charge on any atom is 0.225 e. The zero-order chi connectivity index (χ0) is 17.8. The lowest BCUT2D eigenvalue weighted by atomic mass is 9.95. The van der Waals surface area contributed by atoms with Gasteiger partial charge in [0, 0.05) is 43.0 Å². The number of nitrogens with zero attached hydrogens (tertiary/aromatic N) is 1. The van der Waals surface area contributed by atoms with Crippen molar-refractivity contribution in [3.05, 3.63) is 64.9 Å². The largest absolute Gasteiger partial charge is 0.326 e. The van der Waals surface area contributed by atoms with Crippen molar-refractivity contribution in [2.45, 2.75) is 18.4 Å². The van der Waals surface area contributed by atoms with E-state index in [2.05, 4.69) is 22.3 Å². The van der Waals surface area contributed by atoms with Gasteiger partial charge in [0.1, 0.15) is 5.82 Å². The third-order valence-corrected chi connectivity index (χ3v) is 4.76. The van der Waals surface area contributed by atoms with Crippen molar-refractivity contribution in [1.29, 1.82) is 0 Å². The quantitative estimate of drug-likeness (QED) is 0.859. The number of halogens is 2. The number of likely N-dealkylation sites (tertiary alicyclic amines) is 1. The summed E-state index contributed by atoms with van der Waals surface area (Å²) in [4.78, 5) is 14.3. The first-order chi connectivity index (χ1) is 12.0. The number of carbonyl (C=O) groups is 1. The first-order valence-corrected chi connectivity index (χ1v) is 8.68. The van der Waals surface area contributed by atoms with Crippen molar-refractivity contribution in [2.24, 2.45) is 5.73 Å². The van der Waals surface area contributed by atoms with E-state index in [0.29, 0.717) is 11.6 Å². The summed E-state index contributed by atoms with van der Waals surface area (Å²) in [7, 11) is 0. The second-order valence-corrected chi connectivity index (χ2v) is 6.80. The Hall–Kier alpha value is -1.95. The van der Waals surface area contributed by atoms with Crippen LogP contribution in [0.15, 0.2) is 48.5 Å². The molecule has 0 unspecified atom stereocenters. The Morgan fingerprint density at radius 3 is 2.72 bits per heavy atom. The highest BCUT2D eigenvalue weighted by atomic mass is 35.5. The van der Waals surface area contributed by atoms with Gasteiger partial charge in [0.2, 0.25) is 5.91 Å². The molecule has 2 atom stereocenters. The average Bonchev–Trinajstić information content (AvgIpc) is 2.97. The second-order valence-electron chi connectivity index (χ2n) is 6.36. The molecule has 2 aromatic carbocycles. The van der Waals surface area contributed by atoms with Crippen molar-refractivity contribution in [3.8, 4) is 0 Å². The molecule has 6 heteroatoms. The molecule has 1 fully saturated rings. The van der Waals surface area contributed by atoms with E-state index in [0.717, 1.165) is 13.1 Å². The number of nitrogens with two attached hydrogens (primary N) is 1. The van der Waals surface area contributed by atoms with Crippen LogP contribution in [-0.4, -0.2) is 36.5 Å². The predicted molar refractivity (Wildman–Crippen MR) is 98.3 cm³/mol. The van der Waals surface area contributed by atoms with Gasteiger partial charge in [-0.05, 0) is 23.8 Å². The van der Waals surface area contributed by atoms with Gasteiger partial charge >= 0.3 is 0 Å². The highest BCUT2D eigenvalue weighted by molar-refractivity contribution is 6.30. The standard InChI is InChI=1S/C19H21ClFN3O/c20-14-6-7-18(16(21)10-14)23-19(25)8-9-24-11-15(17(22)12-24)13-4-2-1-3-5-13/h1-7,10,15,17H,8-9,11-12,22H2,(H,23,25)/t15-,17+/m0/s1. The van der Waals surface area contributed by atoms with Crippen LogP contribution < -0.4 is 11.1 Å². The first-order valence-electron chi connectivity index (χ1n) is 8.30. The van der Waals surface area contributed by atoms with E-state index in [1.165, 1.54) is 17.7 Å². The molecule has 1 amide bonds. The van der Waals surface area contributed by atoms with Gasteiger partial charge in [0.15, 0.2) is 0 Å². The lowest BCUT2D eigenvalue weighted by molar-refractivity contribution is -0.116. The SMILES string of the molecule is N[C@@H]1CN(CCC(=O)Nc2ccc(Cl)cc2F)C[C@H]1c1ccccc1. The molecule has 0 spiro atoms. The van der Waals surface area contributed by atoms with Gasteiger partial charge in [0.05, 0.1) is 5.69 Å². The minimum absolute atomic E-state index is 0.0548. The Balaban J connectivity index is 1.51. The third kappa shape index (κ3) is 4.57. The Morgan fingerprint density at radius 1 is 1.24 bits per heavy atom. The van der Waals surface area contributed by atoms with Crippen LogP contribution in [0.5, 0.6) is 0 Å². The lowest BCUT2D eigenvalue weighted by Crippen LogP contribution is -2.30. The summed E-state index contributed by atoms with van der Waals surface area (Å²) in [5.41, 5.74) is 7.64. The number of hydrogen-bond acceptors (Lipinski definition) is 3. The van der Waals surface area contributed by atoms with E-state index in [1.807, 2.05) is 18.2 Å². The number of amides is 1. The molecule has 0 bridgehead atoms. The highest BCUT2D eigenvalue weighted by Gasteiger charge is 2.31. The van der Waals surface area contributed by atoms with Crippen LogP contribution in [0.25, 0.3) is 0 Å². The maximum atomic E-state index is 13.7. The molecule has 0 aromatic heterocycles. The topological polar surface area (TPSA) is 58.4 Å². The van der Waals surface area contributed by atoms with Gasteiger partial charge in [-0.25, -0.2) is 4.39 Å². The van der Waals surface area contributed by atoms with Gasteiger partial charge in [-0.3, -0.25) is 4.79 Å². The number of benzene rings is 2. The molecule has 25 heavy (non-hydrogen) atoms. The summed E-state index contributed by atoms with van der Waals surface area (Å²) in [6, 6.07) is 14.4. The molecule has 3 N–H and O–H groups in total. The molecular formula is C19H21ClFN3O. The fourth-order valence-electron chi connectivity index (χ4n) is 3.21. The highest BCUT2D eigenvalue weighted by Crippen LogP contribution is 2.26. The Kier molecular flexibility index (Phi) is 5.68. The molecule has 1 saturated heterocycles. The van der Waals surface area contributed by atoms with Crippen LogP contribution in [0.4, 0.5) is 10.1 Å². The van der Waals surface area contributed by atoms with Gasteiger partial charge in [-0.15, -0.1) is 0 Å². The third-order valence-electron chi connectivity index (χ3n) is 4.53. The van der Waals surface area contributed by atoms with Gasteiger partial charge in [0.25, 0.3) is 0 Å². The van der Waals surface area contributed by atoms with Crippen LogP contribution in [0, 0.1) is 5.82 Å². The van der Waals surface area contributed by atoms with E-state index in [-0.39, 0.29) is 30.0 Å². The van der Waals surface area contributed by atoms with E-state index < -0.39 is 5.82 Å². The number of anilines is 1. The normalized spacial score (nSPS) is 20.6. The summed E-state index contributed by atoms with van der Waals surface area (Å²) >= 11 is 5.71. The molecule has 1 heterocycles. The fraction of sp³-hybridized carbons (Fsp3) is 0.316. The number of hydrogen-bond donors (Lipinski definition) is 2. The van der Waals surface area contributed by atoms with Crippen LogP contribution >= 0.6 is 11.6 Å². The molecule has 0 radical (unpaired) electrons. The summed E-state index contributed by atoms with van der Waals surface area (Å²) in [5.74, 6) is -0.482. The summed E-state index contributed by atoms with van der Waals surface area (Å²) < 4.78 is 13.7. The molecule has 1 aliphatic rings. The lowest BCUT2D eigenvalue weighted by Gasteiger charge is -2.16. The summed E-state index contributed by atoms with van der Waals surface area (Å²) in [6.45, 7) is 2.17. The monoisotopic (exact) mass is 361 g/mol. The zero-order valence-electron chi connectivity index (χ0n) is 13.8. The predicted octanol–water partition coefficient (Wildman–Crippen LogP) is 3.23. The van der Waals surface area contributed by atoms with Gasteiger partial charge in [-0.1, -0.05) is 41.9 Å². The Labute approximate surface area is 151 Å². The summed E-state index contributed by atoms with van der Waals surface area (Å²) in [6.07, 6.45) is 0.288. The van der Waals surface area contributed by atoms with E-state index in [4.69, 9.17) is 17.3 Å². The molecular weight excluding hydrogens is 341 g/mol. The maximum absolute atomic E-state index is 13.7. The van der Waals surface area contributed by atoms with E-state index in [1.54, 1.807) is 6.07 Å². The van der Waals surface area contributed by atoms with Crippen molar-refractivity contribution in [2.75, 3.05) is 25.0 Å². The zero-order valence-corrected chi connectivity index (χ0v) is 14.5. The smallest absolute Gasteiger partial charge is 0.225 e. The second kappa shape index (κ2) is 7.95. The summed E-state index contributed by atoms with van der Waals surface area (Å²) in [5, 5.41) is 2.88. The van der Waals surface area contributed by atoms with Gasteiger partial charge in [-0.2, -0.15) is 0 Å². The average molecular weight is 362 g/mol. The molecule has 3 rings (SSSR count). The molecule has 2 aromatic rings. The Bertz CT molecular complexity index is 741. The van der Waals surface area contributed by atoms with E-state index in [9.17, 15) is 9.18 Å². The van der Waals surface area contributed by atoms with E-state index >= 15 is 0 Å². The number of nitrogens with one attached hydrogen (secondary N) is 1. The minimum atomic E-state index is -0.534. The molecule has 4 nitrogen and oxygen atoms in total. The molecule has 0 saturated carbocycles. The van der Waals surface area contributed by atoms with Crippen molar-refractivity contribution in [3.63, 3.8) is 0 Å². The fourth-order valence-corrected chi connectivity index (χ4v) is 3.37. The van der Waals surface area contributed by atoms with Crippen LogP contribution in [0.3, 0.4) is 0 Å². The van der Waals surface area contributed by atoms with Crippen LogP contribution in [0.1, 0.15) is 17.9 Å². The van der Waals surface area contributed by atoms with Crippen LogP contribution in [-0.2, 0) is 4.79 Å². The first kappa shape index (κ1) is 17.9. The number of carbonyl (C=O) groups excluding carboxylic acids is 1. The minimum Gasteiger partial charge on any atom is -0.326 e. The number of rotatable bonds is 5. The molecule has 0 aliphatic carbocycles. The molecule has 132 valence electrons. The van der Waals surface area contributed by atoms with Gasteiger partial charge < -0.3 is 16.0 Å². The van der Waals surface area contributed by atoms with Crippen molar-refractivity contribution >= 4 is 23.2 Å².